The molecule has 28 heavy (non-hydrogen) atoms. The Hall–Kier alpha value is -2.10. The van der Waals surface area contributed by atoms with Gasteiger partial charge >= 0.3 is 6.18 Å². The summed E-state index contributed by atoms with van der Waals surface area (Å²) in [6.07, 6.45) is -4.49. The minimum atomic E-state index is -4.49. The van der Waals surface area contributed by atoms with Crippen LogP contribution in [0.25, 0.3) is 0 Å². The number of hydrogen-bond donors (Lipinski definition) is 1. The van der Waals surface area contributed by atoms with Crippen LogP contribution in [0.5, 0.6) is 0 Å². The van der Waals surface area contributed by atoms with E-state index in [0.717, 1.165) is 16.4 Å². The molecule has 2 aromatic carbocycles. The van der Waals surface area contributed by atoms with Crippen molar-refractivity contribution >= 4 is 27.5 Å². The largest absolute Gasteiger partial charge is 0.416 e. The summed E-state index contributed by atoms with van der Waals surface area (Å²) in [6, 6.07) is 9.31. The zero-order valence-corrected chi connectivity index (χ0v) is 16.6. The third kappa shape index (κ3) is 5.46. The van der Waals surface area contributed by atoms with Gasteiger partial charge in [-0.3, -0.25) is 4.79 Å². The van der Waals surface area contributed by atoms with Crippen LogP contribution < -0.4 is 5.32 Å². The SMILES string of the molecule is CC(NC(=O)CN(C)S(=O)(=O)c1ccc(Cl)cc1)c1cccc(C(F)(F)F)c1. The molecule has 0 fully saturated rings. The van der Waals surface area contributed by atoms with Crippen LogP contribution in [0.4, 0.5) is 13.2 Å². The summed E-state index contributed by atoms with van der Waals surface area (Å²) in [5, 5.41) is 2.87. The quantitative estimate of drug-likeness (QED) is 0.750. The first-order chi connectivity index (χ1) is 12.9. The van der Waals surface area contributed by atoms with Gasteiger partial charge in [-0.25, -0.2) is 8.42 Å². The molecule has 1 N–H and O–H groups in total. The molecule has 0 aliphatic heterocycles. The van der Waals surface area contributed by atoms with Crippen molar-refractivity contribution in [3.8, 4) is 0 Å². The van der Waals surface area contributed by atoms with Crippen LogP contribution in [0.15, 0.2) is 53.4 Å². The highest BCUT2D eigenvalue weighted by Crippen LogP contribution is 2.30. The summed E-state index contributed by atoms with van der Waals surface area (Å²) in [7, 11) is -2.68. The Bertz CT molecular complexity index is 947. The van der Waals surface area contributed by atoms with E-state index in [4.69, 9.17) is 11.6 Å². The maximum atomic E-state index is 12.8. The molecule has 2 rings (SSSR count). The molecule has 0 aromatic heterocycles. The Morgan fingerprint density at radius 2 is 1.79 bits per heavy atom. The van der Waals surface area contributed by atoms with Gasteiger partial charge in [0, 0.05) is 12.1 Å². The lowest BCUT2D eigenvalue weighted by molar-refractivity contribution is -0.137. The van der Waals surface area contributed by atoms with Crippen molar-refractivity contribution in [2.45, 2.75) is 24.0 Å². The molecule has 2 aromatic rings. The number of hydrogen-bond acceptors (Lipinski definition) is 3. The normalized spacial score (nSPS) is 13.4. The van der Waals surface area contributed by atoms with Crippen LogP contribution in [0.3, 0.4) is 0 Å². The Morgan fingerprint density at radius 1 is 1.18 bits per heavy atom. The van der Waals surface area contributed by atoms with E-state index >= 15 is 0 Å². The van der Waals surface area contributed by atoms with Gasteiger partial charge in [0.1, 0.15) is 0 Å². The topological polar surface area (TPSA) is 66.5 Å². The monoisotopic (exact) mass is 434 g/mol. The average molecular weight is 435 g/mol. The van der Waals surface area contributed by atoms with E-state index in [-0.39, 0.29) is 10.5 Å². The van der Waals surface area contributed by atoms with E-state index < -0.39 is 40.3 Å². The zero-order valence-electron chi connectivity index (χ0n) is 15.0. The average Bonchev–Trinajstić information content (AvgIpc) is 2.61. The van der Waals surface area contributed by atoms with Gasteiger partial charge in [0.15, 0.2) is 0 Å². The first-order valence-corrected chi connectivity index (χ1v) is 9.91. The molecule has 10 heteroatoms. The van der Waals surface area contributed by atoms with Crippen LogP contribution in [0.2, 0.25) is 5.02 Å². The lowest BCUT2D eigenvalue weighted by atomic mass is 10.0. The Labute approximate surface area is 166 Å². The number of benzene rings is 2. The molecular formula is C18H18ClF3N2O3S. The van der Waals surface area contributed by atoms with E-state index in [9.17, 15) is 26.4 Å². The third-order valence-corrected chi connectivity index (χ3v) is 6.05. The first kappa shape index (κ1) is 22.2. The maximum absolute atomic E-state index is 12.8. The van der Waals surface area contributed by atoms with Gasteiger partial charge in [-0.1, -0.05) is 23.7 Å². The fourth-order valence-electron chi connectivity index (χ4n) is 2.43. The van der Waals surface area contributed by atoms with Crippen molar-refractivity contribution in [3.63, 3.8) is 0 Å². The number of likely N-dealkylation sites (N-methyl/N-ethyl adjacent to an activating group) is 1. The van der Waals surface area contributed by atoms with Gasteiger partial charge in [0.25, 0.3) is 0 Å². The molecule has 0 radical (unpaired) electrons. The summed E-state index contributed by atoms with van der Waals surface area (Å²) in [4.78, 5) is 12.2. The lowest BCUT2D eigenvalue weighted by Gasteiger charge is -2.20. The van der Waals surface area contributed by atoms with Crippen molar-refractivity contribution in [2.75, 3.05) is 13.6 Å². The molecule has 0 saturated carbocycles. The van der Waals surface area contributed by atoms with Crippen molar-refractivity contribution in [3.05, 3.63) is 64.7 Å². The van der Waals surface area contributed by atoms with Crippen molar-refractivity contribution in [1.29, 1.82) is 0 Å². The second-order valence-electron chi connectivity index (χ2n) is 6.13. The highest BCUT2D eigenvalue weighted by atomic mass is 35.5. The molecule has 5 nitrogen and oxygen atoms in total. The summed E-state index contributed by atoms with van der Waals surface area (Å²) < 4.78 is 64.2. The number of nitrogens with one attached hydrogen (secondary N) is 1. The lowest BCUT2D eigenvalue weighted by Crippen LogP contribution is -2.39. The summed E-state index contributed by atoms with van der Waals surface area (Å²) in [5.74, 6) is -0.648. The molecule has 0 heterocycles. The van der Waals surface area contributed by atoms with E-state index in [2.05, 4.69) is 5.32 Å². The number of halogens is 4. The predicted molar refractivity (Wildman–Crippen MR) is 99.3 cm³/mol. The van der Waals surface area contributed by atoms with E-state index in [1.165, 1.54) is 50.4 Å². The molecule has 1 atom stereocenters. The summed E-state index contributed by atoms with van der Waals surface area (Å²) in [5.41, 5.74) is -0.570. The minimum Gasteiger partial charge on any atom is -0.348 e. The molecule has 0 aliphatic rings. The van der Waals surface area contributed by atoms with E-state index in [1.54, 1.807) is 0 Å². The number of amides is 1. The zero-order chi connectivity index (χ0) is 21.1. The minimum absolute atomic E-state index is 0.0295. The third-order valence-electron chi connectivity index (χ3n) is 3.98. The number of rotatable bonds is 6. The predicted octanol–water partition coefficient (Wildman–Crippen LogP) is 3.86. The van der Waals surface area contributed by atoms with Crippen molar-refractivity contribution < 1.29 is 26.4 Å². The molecule has 0 bridgehead atoms. The molecule has 0 aliphatic carbocycles. The fraction of sp³-hybridized carbons (Fsp3) is 0.278. The first-order valence-electron chi connectivity index (χ1n) is 8.09. The van der Waals surface area contributed by atoms with Crippen molar-refractivity contribution in [1.82, 2.24) is 9.62 Å². The van der Waals surface area contributed by atoms with Crippen LogP contribution in [-0.2, 0) is 21.0 Å². The summed E-state index contributed by atoms with van der Waals surface area (Å²) >= 11 is 5.74. The Morgan fingerprint density at radius 3 is 2.36 bits per heavy atom. The van der Waals surface area contributed by atoms with Crippen LogP contribution in [-0.4, -0.2) is 32.2 Å². The van der Waals surface area contributed by atoms with Crippen LogP contribution in [0.1, 0.15) is 24.1 Å². The van der Waals surface area contributed by atoms with Gasteiger partial charge < -0.3 is 5.32 Å². The smallest absolute Gasteiger partial charge is 0.348 e. The second-order valence-corrected chi connectivity index (χ2v) is 8.61. The summed E-state index contributed by atoms with van der Waals surface area (Å²) in [6.45, 7) is 1.02. The van der Waals surface area contributed by atoms with Crippen LogP contribution in [0, 0.1) is 0 Å². The van der Waals surface area contributed by atoms with Gasteiger partial charge in [0.2, 0.25) is 15.9 Å². The molecular weight excluding hydrogens is 417 g/mol. The van der Waals surface area contributed by atoms with Gasteiger partial charge in [-0.05, 0) is 48.9 Å². The standard InChI is InChI=1S/C18H18ClF3N2O3S/c1-12(13-4-3-5-14(10-13)18(20,21)22)23-17(25)11-24(2)28(26,27)16-8-6-15(19)7-9-16/h3-10,12H,11H2,1-2H3,(H,23,25). The van der Waals surface area contributed by atoms with E-state index in [1.807, 2.05) is 0 Å². The number of nitrogens with zero attached hydrogens (tertiary/aromatic N) is 1. The number of sulfonamides is 1. The fourth-order valence-corrected chi connectivity index (χ4v) is 3.68. The van der Waals surface area contributed by atoms with Gasteiger partial charge in [-0.15, -0.1) is 0 Å². The molecule has 152 valence electrons. The Kier molecular flexibility index (Phi) is 6.74. The highest BCUT2D eigenvalue weighted by molar-refractivity contribution is 7.89. The van der Waals surface area contributed by atoms with Gasteiger partial charge in [-0.2, -0.15) is 17.5 Å². The molecule has 1 unspecified atom stereocenters. The van der Waals surface area contributed by atoms with E-state index in [0.29, 0.717) is 5.02 Å². The molecule has 1 amide bonds. The molecule has 0 saturated heterocycles. The molecule has 0 spiro atoms. The van der Waals surface area contributed by atoms with Gasteiger partial charge in [0.05, 0.1) is 23.0 Å². The maximum Gasteiger partial charge on any atom is 0.416 e. The van der Waals surface area contributed by atoms with Crippen LogP contribution >= 0.6 is 11.6 Å². The number of alkyl halides is 3. The number of carbonyl (C=O) groups is 1. The highest BCUT2D eigenvalue weighted by Gasteiger charge is 2.31. The Balaban J connectivity index is 2.06. The van der Waals surface area contributed by atoms with Crippen molar-refractivity contribution in [2.24, 2.45) is 0 Å². The number of carbonyl (C=O) groups excluding carboxylic acids is 1. The second kappa shape index (κ2) is 8.50.